The van der Waals surface area contributed by atoms with Crippen molar-refractivity contribution in [3.05, 3.63) is 125 Å². The van der Waals surface area contributed by atoms with Crippen LogP contribution in [-0.2, 0) is 21.4 Å². The van der Waals surface area contributed by atoms with Crippen LogP contribution in [0.1, 0.15) is 29.9 Å². The van der Waals surface area contributed by atoms with Crippen LogP contribution >= 0.6 is 11.3 Å². The Balaban J connectivity index is 1.26. The Morgan fingerprint density at radius 3 is 1.95 bits per heavy atom. The number of carbonyl (C=O) groups is 2. The maximum absolute atomic E-state index is 14.2. The van der Waals surface area contributed by atoms with E-state index in [0.717, 1.165) is 21.3 Å². The summed E-state index contributed by atoms with van der Waals surface area (Å²) in [6.07, 6.45) is 0.323. The first-order chi connectivity index (χ1) is 20.9. The Hall–Kier alpha value is -4.29. The minimum atomic E-state index is -0.871. The Morgan fingerprint density at radius 2 is 1.30 bits per heavy atom. The van der Waals surface area contributed by atoms with Crippen LogP contribution in [0, 0.1) is 5.92 Å². The molecule has 0 unspecified atom stereocenters. The second-order valence-corrected chi connectivity index (χ2v) is 13.5. The minimum absolute atomic E-state index is 0.222. The summed E-state index contributed by atoms with van der Waals surface area (Å²) in [6.45, 7) is 4.55. The first-order valence-electron chi connectivity index (χ1n) is 14.3. The number of thiophene rings is 1. The van der Waals surface area contributed by atoms with Gasteiger partial charge in [-0.1, -0.05) is 6.07 Å². The second kappa shape index (κ2) is 9.61. The van der Waals surface area contributed by atoms with E-state index in [-0.39, 0.29) is 17.2 Å². The van der Waals surface area contributed by atoms with Crippen LogP contribution in [0.15, 0.2) is 109 Å². The molecule has 0 N–H and O–H groups in total. The molecule has 8 rings (SSSR count). The van der Waals surface area contributed by atoms with Gasteiger partial charge in [-0.3, -0.25) is 0 Å². The number of anilines is 2. The van der Waals surface area contributed by atoms with E-state index in [2.05, 4.69) is 82.5 Å². The van der Waals surface area contributed by atoms with Crippen LogP contribution in [0.4, 0.5) is 11.4 Å². The van der Waals surface area contributed by atoms with Crippen molar-refractivity contribution in [1.82, 2.24) is 4.57 Å². The van der Waals surface area contributed by atoms with E-state index in [9.17, 15) is 9.59 Å². The predicted molar refractivity (Wildman–Crippen MR) is 177 cm³/mol. The van der Waals surface area contributed by atoms with Crippen LogP contribution < -0.4 is 9.80 Å². The molecule has 2 aliphatic heterocycles. The van der Waals surface area contributed by atoms with Crippen molar-refractivity contribution in [2.75, 3.05) is 9.80 Å². The summed E-state index contributed by atoms with van der Waals surface area (Å²) in [4.78, 5) is 32.7. The average Bonchev–Trinajstić information content (AvgIpc) is 3.60. The van der Waals surface area contributed by atoms with E-state index in [4.69, 9.17) is 0 Å². The number of benzene rings is 4. The molecule has 4 aromatic carbocycles. The van der Waals surface area contributed by atoms with Gasteiger partial charge in [0, 0.05) is 0 Å². The molecule has 0 radical (unpaired) electrons. The van der Waals surface area contributed by atoms with Gasteiger partial charge in [-0.15, -0.1) is 0 Å². The fourth-order valence-electron chi connectivity index (χ4n) is 6.74. The number of para-hydroxylation sites is 4. The third kappa shape index (κ3) is 3.79. The number of hydrogen-bond acceptors (Lipinski definition) is 3. The molecule has 0 atom stereocenters. The zero-order valence-electron chi connectivity index (χ0n) is 23.7. The van der Waals surface area contributed by atoms with Gasteiger partial charge in [0.2, 0.25) is 0 Å². The number of fused-ring (bicyclic) bond motifs is 5. The molecule has 7 heteroatoms. The number of amides is 2. The molecule has 5 nitrogen and oxygen atoms in total. The van der Waals surface area contributed by atoms with Crippen LogP contribution in [0.2, 0.25) is 0 Å². The van der Waals surface area contributed by atoms with Crippen LogP contribution in [0.3, 0.4) is 0 Å². The molecule has 43 heavy (non-hydrogen) atoms. The summed E-state index contributed by atoms with van der Waals surface area (Å²) >= 11 is 4.73. The van der Waals surface area contributed by atoms with Crippen molar-refractivity contribution < 1.29 is 9.59 Å². The third-order valence-electron chi connectivity index (χ3n) is 8.86. The normalized spacial score (nSPS) is 16.4. The van der Waals surface area contributed by atoms with Crippen molar-refractivity contribution in [3.63, 3.8) is 0 Å². The molecule has 1 fully saturated rings. The number of hydrogen-bond donors (Lipinski definition) is 0. The van der Waals surface area contributed by atoms with Gasteiger partial charge in [-0.05, 0) is 0 Å². The molecule has 4 heterocycles. The quantitative estimate of drug-likeness (QED) is 0.154. The van der Waals surface area contributed by atoms with Gasteiger partial charge in [-0.25, -0.2) is 0 Å². The number of rotatable bonds is 4. The van der Waals surface area contributed by atoms with Crippen LogP contribution in [0.25, 0.3) is 26.8 Å². The van der Waals surface area contributed by atoms with E-state index in [1.165, 1.54) is 32.9 Å². The standard InChI is InChI=1S/C36H27N3O2SSe/c1-36(2)28-18-11-17-26-25-16-9-10-19-30(25)39(31(26)28)34-29(36)21-24(42-34)20-27-32(40)37(22-12-5-3-6-13-22)35(43)38(33(27)41)23-14-7-4-8-15-23/h3-19,21,27H,20H2,1-2H3. The molecule has 0 aliphatic carbocycles. The van der Waals surface area contributed by atoms with Gasteiger partial charge in [0.05, 0.1) is 0 Å². The van der Waals surface area contributed by atoms with Crippen molar-refractivity contribution >= 4 is 76.6 Å². The summed E-state index contributed by atoms with van der Waals surface area (Å²) in [5.41, 5.74) is 6.14. The van der Waals surface area contributed by atoms with Crippen molar-refractivity contribution in [2.24, 2.45) is 5.92 Å². The molecule has 0 saturated carbocycles. The van der Waals surface area contributed by atoms with Gasteiger partial charge in [0.15, 0.2) is 0 Å². The van der Waals surface area contributed by atoms with Gasteiger partial charge in [0.25, 0.3) is 0 Å². The summed E-state index contributed by atoms with van der Waals surface area (Å²) in [6, 6.07) is 36.4. The van der Waals surface area contributed by atoms with E-state index >= 15 is 0 Å². The fraction of sp³-hybridized carbons (Fsp3) is 0.139. The molecule has 2 aromatic heterocycles. The monoisotopic (exact) mass is 645 g/mol. The Bertz CT molecular complexity index is 2050. The van der Waals surface area contributed by atoms with Crippen molar-refractivity contribution in [2.45, 2.75) is 25.7 Å². The Morgan fingerprint density at radius 1 is 0.721 bits per heavy atom. The van der Waals surface area contributed by atoms with Gasteiger partial charge in [-0.2, -0.15) is 0 Å². The SMILES string of the molecule is CC1(C)c2cc(CC3C(=O)N(c4ccccc4)C(=[Se])N(c4ccccc4)C3=O)sc2-n2c3ccccc3c3cccc1c32. The Kier molecular flexibility index (Phi) is 5.89. The second-order valence-electron chi connectivity index (χ2n) is 11.7. The molecule has 6 aromatic rings. The van der Waals surface area contributed by atoms with E-state index in [1.807, 2.05) is 60.7 Å². The topological polar surface area (TPSA) is 45.6 Å². The zero-order chi connectivity index (χ0) is 29.5. The molecule has 0 spiro atoms. The van der Waals surface area contributed by atoms with Gasteiger partial charge < -0.3 is 0 Å². The summed E-state index contributed by atoms with van der Waals surface area (Å²) in [5, 5.41) is 3.64. The van der Waals surface area contributed by atoms with E-state index in [1.54, 1.807) is 21.1 Å². The maximum atomic E-state index is 14.2. The molecular formula is C36H27N3O2SSe. The first kappa shape index (κ1) is 26.3. The molecule has 210 valence electrons. The first-order valence-corrected chi connectivity index (χ1v) is 16.0. The number of nitrogens with zero attached hydrogens (tertiary/aromatic N) is 3. The van der Waals surface area contributed by atoms with Gasteiger partial charge >= 0.3 is 256 Å². The van der Waals surface area contributed by atoms with E-state index < -0.39 is 5.92 Å². The summed E-state index contributed by atoms with van der Waals surface area (Å²) in [5.74, 6) is -1.32. The number of aromatic nitrogens is 1. The molecule has 2 amide bonds. The van der Waals surface area contributed by atoms with Crippen LogP contribution in [-0.4, -0.2) is 36.6 Å². The van der Waals surface area contributed by atoms with Crippen LogP contribution in [0.5, 0.6) is 0 Å². The van der Waals surface area contributed by atoms with E-state index in [0.29, 0.717) is 11.1 Å². The van der Waals surface area contributed by atoms with Crippen molar-refractivity contribution in [1.29, 1.82) is 0 Å². The van der Waals surface area contributed by atoms with Crippen molar-refractivity contribution in [3.8, 4) is 5.00 Å². The zero-order valence-corrected chi connectivity index (χ0v) is 26.2. The van der Waals surface area contributed by atoms with Gasteiger partial charge in [0.1, 0.15) is 0 Å². The summed E-state index contributed by atoms with van der Waals surface area (Å²) in [7, 11) is 0. The molecule has 1 saturated heterocycles. The fourth-order valence-corrected chi connectivity index (χ4v) is 8.94. The Labute approximate surface area is 261 Å². The predicted octanol–water partition coefficient (Wildman–Crippen LogP) is 6.98. The average molecular weight is 645 g/mol. The third-order valence-corrected chi connectivity index (χ3v) is 10.8. The molecule has 2 aliphatic rings. The number of carbonyl (C=O) groups excluding carboxylic acids is 2. The summed E-state index contributed by atoms with van der Waals surface area (Å²) < 4.78 is 2.85. The molecular weight excluding hydrogens is 617 g/mol. The molecule has 0 bridgehead atoms.